The summed E-state index contributed by atoms with van der Waals surface area (Å²) < 4.78 is 5.68. The fraction of sp³-hybridized carbons (Fsp3) is 0.455. The molecule has 2 nitrogen and oxygen atoms in total. The Morgan fingerprint density at radius 3 is 2.54 bits per heavy atom. The van der Waals surface area contributed by atoms with Crippen molar-refractivity contribution in [2.75, 3.05) is 6.54 Å². The molecular formula is C11H15NO. The number of hydrogen-bond donors (Lipinski definition) is 1. The van der Waals surface area contributed by atoms with Gasteiger partial charge in [0.2, 0.25) is 0 Å². The summed E-state index contributed by atoms with van der Waals surface area (Å²) in [6.07, 6.45) is 0.418. The van der Waals surface area contributed by atoms with Crippen molar-refractivity contribution in [3.63, 3.8) is 0 Å². The van der Waals surface area contributed by atoms with Gasteiger partial charge in [0.25, 0.3) is 0 Å². The van der Waals surface area contributed by atoms with Crippen LogP contribution in [0.2, 0.25) is 0 Å². The minimum Gasteiger partial charge on any atom is -0.354 e. The number of nitrogens with one attached hydrogen (secondary N) is 1. The summed E-state index contributed by atoms with van der Waals surface area (Å²) in [6.45, 7) is 5.05. The van der Waals surface area contributed by atoms with Gasteiger partial charge < -0.3 is 4.74 Å². The van der Waals surface area contributed by atoms with Crippen LogP contribution < -0.4 is 5.32 Å². The second kappa shape index (κ2) is 3.48. The van der Waals surface area contributed by atoms with Crippen molar-refractivity contribution in [1.82, 2.24) is 5.32 Å². The van der Waals surface area contributed by atoms with Crippen molar-refractivity contribution in [2.45, 2.75) is 26.2 Å². The summed E-state index contributed by atoms with van der Waals surface area (Å²) in [6, 6.07) is 8.53. The van der Waals surface area contributed by atoms with E-state index in [9.17, 15) is 0 Å². The van der Waals surface area contributed by atoms with E-state index in [0.29, 0.717) is 0 Å². The van der Waals surface area contributed by atoms with Gasteiger partial charge in [-0.2, -0.15) is 0 Å². The van der Waals surface area contributed by atoms with Crippen molar-refractivity contribution in [2.24, 2.45) is 0 Å². The molecule has 2 rings (SSSR count). The second-order valence-corrected chi connectivity index (χ2v) is 3.59. The second-order valence-electron chi connectivity index (χ2n) is 3.59. The molecule has 0 saturated carbocycles. The highest BCUT2D eigenvalue weighted by molar-refractivity contribution is 5.23. The zero-order valence-corrected chi connectivity index (χ0v) is 8.08. The van der Waals surface area contributed by atoms with Crippen molar-refractivity contribution in [3.05, 3.63) is 35.4 Å². The molecule has 1 aliphatic rings. The van der Waals surface area contributed by atoms with Gasteiger partial charge in [-0.15, -0.1) is 0 Å². The molecule has 1 aromatic rings. The Morgan fingerprint density at radius 1 is 1.31 bits per heavy atom. The third-order valence-electron chi connectivity index (χ3n) is 2.41. The lowest BCUT2D eigenvalue weighted by Crippen LogP contribution is -2.17. The van der Waals surface area contributed by atoms with E-state index < -0.39 is 0 Å². The Hall–Kier alpha value is -0.860. The van der Waals surface area contributed by atoms with E-state index in [1.54, 1.807) is 0 Å². The molecule has 2 heteroatoms. The Balaban J connectivity index is 2.13. The van der Waals surface area contributed by atoms with Crippen LogP contribution in [-0.2, 0) is 4.74 Å². The van der Waals surface area contributed by atoms with Gasteiger partial charge in [0.15, 0.2) is 0 Å². The SMILES string of the molecule is Cc1ccc(C2CNC(C)O2)cc1. The minimum atomic E-state index is 0.186. The smallest absolute Gasteiger partial charge is 0.106 e. The number of hydrogen-bond acceptors (Lipinski definition) is 2. The first-order valence-electron chi connectivity index (χ1n) is 4.71. The molecular weight excluding hydrogens is 162 g/mol. The molecule has 0 bridgehead atoms. The first-order chi connectivity index (χ1) is 6.25. The van der Waals surface area contributed by atoms with Gasteiger partial charge in [-0.3, -0.25) is 5.32 Å². The predicted octanol–water partition coefficient (Wildman–Crippen LogP) is 2.00. The average Bonchev–Trinajstić information content (AvgIpc) is 2.53. The van der Waals surface area contributed by atoms with Crippen molar-refractivity contribution >= 4 is 0 Å². The van der Waals surface area contributed by atoms with E-state index in [1.165, 1.54) is 11.1 Å². The van der Waals surface area contributed by atoms with Crippen LogP contribution >= 0.6 is 0 Å². The summed E-state index contributed by atoms with van der Waals surface area (Å²) in [4.78, 5) is 0. The molecule has 1 aliphatic heterocycles. The highest BCUT2D eigenvalue weighted by atomic mass is 16.5. The molecule has 0 amide bonds. The van der Waals surface area contributed by atoms with E-state index in [4.69, 9.17) is 4.74 Å². The van der Waals surface area contributed by atoms with Gasteiger partial charge in [-0.1, -0.05) is 29.8 Å². The lowest BCUT2D eigenvalue weighted by atomic mass is 10.1. The van der Waals surface area contributed by atoms with Crippen LogP contribution in [0.25, 0.3) is 0 Å². The predicted molar refractivity (Wildman–Crippen MR) is 52.5 cm³/mol. The lowest BCUT2D eigenvalue weighted by molar-refractivity contribution is 0.0529. The van der Waals surface area contributed by atoms with Crippen molar-refractivity contribution in [3.8, 4) is 0 Å². The Bertz CT molecular complexity index is 281. The number of benzene rings is 1. The van der Waals surface area contributed by atoms with Gasteiger partial charge in [-0.25, -0.2) is 0 Å². The fourth-order valence-electron chi connectivity index (χ4n) is 1.59. The summed E-state index contributed by atoms with van der Waals surface area (Å²) >= 11 is 0. The average molecular weight is 177 g/mol. The first-order valence-corrected chi connectivity index (χ1v) is 4.71. The van der Waals surface area contributed by atoms with Gasteiger partial charge in [-0.05, 0) is 19.4 Å². The quantitative estimate of drug-likeness (QED) is 0.708. The molecule has 0 aromatic heterocycles. The molecule has 0 spiro atoms. The largest absolute Gasteiger partial charge is 0.354 e. The van der Waals surface area contributed by atoms with Crippen LogP contribution in [0.15, 0.2) is 24.3 Å². The van der Waals surface area contributed by atoms with Crippen LogP contribution in [0.4, 0.5) is 0 Å². The molecule has 1 fully saturated rings. The highest BCUT2D eigenvalue weighted by Crippen LogP contribution is 2.22. The van der Waals surface area contributed by atoms with E-state index in [-0.39, 0.29) is 12.3 Å². The van der Waals surface area contributed by atoms with E-state index >= 15 is 0 Å². The molecule has 1 aromatic carbocycles. The Kier molecular flexibility index (Phi) is 2.34. The highest BCUT2D eigenvalue weighted by Gasteiger charge is 2.21. The Morgan fingerprint density at radius 2 is 2.00 bits per heavy atom. The molecule has 70 valence electrons. The number of aryl methyl sites for hydroxylation is 1. The maximum absolute atomic E-state index is 5.68. The minimum absolute atomic E-state index is 0.186. The van der Waals surface area contributed by atoms with Crippen LogP contribution in [0.1, 0.15) is 24.2 Å². The summed E-state index contributed by atoms with van der Waals surface area (Å²) in [5.74, 6) is 0. The standard InChI is InChI=1S/C11H15NO/c1-8-3-5-10(6-4-8)11-7-12-9(2)13-11/h3-6,9,11-12H,7H2,1-2H3. The summed E-state index contributed by atoms with van der Waals surface area (Å²) in [5.41, 5.74) is 2.56. The number of rotatable bonds is 1. The van der Waals surface area contributed by atoms with Gasteiger partial charge in [0, 0.05) is 6.54 Å². The zero-order chi connectivity index (χ0) is 9.26. The molecule has 1 heterocycles. The maximum Gasteiger partial charge on any atom is 0.106 e. The topological polar surface area (TPSA) is 21.3 Å². The normalized spacial score (nSPS) is 27.8. The first kappa shape index (κ1) is 8.73. The van der Waals surface area contributed by atoms with E-state index in [0.717, 1.165) is 6.54 Å². The molecule has 1 saturated heterocycles. The lowest BCUT2D eigenvalue weighted by Gasteiger charge is -2.09. The van der Waals surface area contributed by atoms with E-state index in [2.05, 4.69) is 36.5 Å². The molecule has 0 aliphatic carbocycles. The monoisotopic (exact) mass is 177 g/mol. The third-order valence-corrected chi connectivity index (χ3v) is 2.41. The van der Waals surface area contributed by atoms with E-state index in [1.807, 2.05) is 6.92 Å². The van der Waals surface area contributed by atoms with Gasteiger partial charge in [0.05, 0.1) is 6.10 Å². The summed E-state index contributed by atoms with van der Waals surface area (Å²) in [5, 5.41) is 3.26. The fourth-order valence-corrected chi connectivity index (χ4v) is 1.59. The molecule has 0 radical (unpaired) electrons. The Labute approximate surface area is 78.9 Å². The van der Waals surface area contributed by atoms with Gasteiger partial charge >= 0.3 is 0 Å². The molecule has 13 heavy (non-hydrogen) atoms. The van der Waals surface area contributed by atoms with Crippen molar-refractivity contribution < 1.29 is 4.74 Å². The van der Waals surface area contributed by atoms with Gasteiger partial charge in [0.1, 0.15) is 6.23 Å². The third kappa shape index (κ3) is 1.90. The summed E-state index contributed by atoms with van der Waals surface area (Å²) in [7, 11) is 0. The molecule has 1 N–H and O–H groups in total. The molecule has 2 atom stereocenters. The number of ether oxygens (including phenoxy) is 1. The van der Waals surface area contributed by atoms with Crippen LogP contribution in [0.3, 0.4) is 0 Å². The van der Waals surface area contributed by atoms with Crippen LogP contribution in [0, 0.1) is 6.92 Å². The zero-order valence-electron chi connectivity index (χ0n) is 8.08. The van der Waals surface area contributed by atoms with Crippen LogP contribution in [0.5, 0.6) is 0 Å². The maximum atomic E-state index is 5.68. The van der Waals surface area contributed by atoms with Crippen molar-refractivity contribution in [1.29, 1.82) is 0 Å². The molecule has 2 unspecified atom stereocenters. The van der Waals surface area contributed by atoms with Crippen LogP contribution in [-0.4, -0.2) is 12.8 Å².